The molecule has 0 saturated heterocycles. The highest BCUT2D eigenvalue weighted by atomic mass is 16.6. The third-order valence-electron chi connectivity index (χ3n) is 4.63. The van der Waals surface area contributed by atoms with E-state index < -0.39 is 29.7 Å². The number of aliphatic hydroxyl groups is 1. The van der Waals surface area contributed by atoms with E-state index in [2.05, 4.69) is 10.6 Å². The number of hydrogen-bond donors (Lipinski definition) is 3. The Hall–Kier alpha value is -2.41. The minimum Gasteiger partial charge on any atom is -0.444 e. The van der Waals surface area contributed by atoms with Crippen LogP contribution in [0.3, 0.4) is 0 Å². The maximum Gasteiger partial charge on any atom is 0.407 e. The van der Waals surface area contributed by atoms with Gasteiger partial charge in [-0.05, 0) is 45.6 Å². The standard InChI is InChI=1S/C21H30N2O5/c1-21(2,3)28-20(27)23-16(12-15-10-7-11-17(15)24)18(25)19(26)22-13-14-8-5-4-6-9-14/h4-6,8-9,15-16,18,25H,7,10-13H2,1-3H3,(H,22,26)(H,23,27)/t15-,16-,18?/m0/s1. The first-order chi connectivity index (χ1) is 13.2. The van der Waals surface area contributed by atoms with E-state index in [0.717, 1.165) is 12.0 Å². The third kappa shape index (κ3) is 6.96. The number of carbonyl (C=O) groups excluding carboxylic acids is 3. The van der Waals surface area contributed by atoms with E-state index in [9.17, 15) is 19.5 Å². The molecule has 28 heavy (non-hydrogen) atoms. The van der Waals surface area contributed by atoms with Gasteiger partial charge in [0.05, 0.1) is 6.04 Å². The molecule has 1 aliphatic rings. The number of nitrogens with one attached hydrogen (secondary N) is 2. The molecule has 7 heteroatoms. The molecule has 154 valence electrons. The molecule has 0 bridgehead atoms. The first-order valence-corrected chi connectivity index (χ1v) is 9.67. The molecule has 1 aliphatic carbocycles. The minimum atomic E-state index is -1.48. The van der Waals surface area contributed by atoms with E-state index in [4.69, 9.17) is 4.74 Å². The number of ketones is 1. The Morgan fingerprint density at radius 1 is 1.25 bits per heavy atom. The summed E-state index contributed by atoms with van der Waals surface area (Å²) in [7, 11) is 0. The summed E-state index contributed by atoms with van der Waals surface area (Å²) in [6, 6.07) is 8.41. The molecule has 3 atom stereocenters. The van der Waals surface area contributed by atoms with Crippen molar-refractivity contribution in [3.05, 3.63) is 35.9 Å². The average molecular weight is 390 g/mol. The van der Waals surface area contributed by atoms with Gasteiger partial charge in [-0.3, -0.25) is 9.59 Å². The second kappa shape index (κ2) is 9.68. The van der Waals surface area contributed by atoms with Crippen LogP contribution in [0.15, 0.2) is 30.3 Å². The summed E-state index contributed by atoms with van der Waals surface area (Å²) in [5.41, 5.74) is 0.184. The van der Waals surface area contributed by atoms with E-state index >= 15 is 0 Å². The van der Waals surface area contributed by atoms with Crippen molar-refractivity contribution < 1.29 is 24.2 Å². The first kappa shape index (κ1) is 21.9. The fourth-order valence-electron chi connectivity index (χ4n) is 3.24. The molecule has 2 rings (SSSR count). The monoisotopic (exact) mass is 390 g/mol. The summed E-state index contributed by atoms with van der Waals surface area (Å²) in [5.74, 6) is -0.764. The van der Waals surface area contributed by atoms with Crippen molar-refractivity contribution in [3.63, 3.8) is 0 Å². The molecule has 1 unspecified atom stereocenters. The Bertz CT molecular complexity index is 684. The van der Waals surface area contributed by atoms with Crippen LogP contribution >= 0.6 is 0 Å². The number of hydrogen-bond acceptors (Lipinski definition) is 5. The van der Waals surface area contributed by atoms with Gasteiger partial charge in [0, 0.05) is 18.9 Å². The van der Waals surface area contributed by atoms with Crippen LogP contribution in [0, 0.1) is 5.92 Å². The van der Waals surface area contributed by atoms with Gasteiger partial charge in [-0.25, -0.2) is 4.79 Å². The first-order valence-electron chi connectivity index (χ1n) is 9.67. The Labute approximate surface area is 165 Å². The summed E-state index contributed by atoms with van der Waals surface area (Å²) in [6.07, 6.45) is -0.0108. The molecule has 7 nitrogen and oxygen atoms in total. The van der Waals surface area contributed by atoms with Gasteiger partial charge >= 0.3 is 6.09 Å². The number of aliphatic hydroxyl groups excluding tert-OH is 1. The SMILES string of the molecule is CC(C)(C)OC(=O)N[C@@H](C[C@@H]1CCCC1=O)C(O)C(=O)NCc1ccccc1. The molecule has 1 aromatic rings. The van der Waals surface area contributed by atoms with Crippen molar-refractivity contribution in [2.24, 2.45) is 5.92 Å². The van der Waals surface area contributed by atoms with Crippen LogP contribution in [-0.2, 0) is 20.9 Å². The normalized spacial score (nSPS) is 19.0. The summed E-state index contributed by atoms with van der Waals surface area (Å²) in [6.45, 7) is 5.44. The highest BCUT2D eigenvalue weighted by Crippen LogP contribution is 2.26. The van der Waals surface area contributed by atoms with Crippen molar-refractivity contribution in [3.8, 4) is 0 Å². The molecule has 3 N–H and O–H groups in total. The van der Waals surface area contributed by atoms with Gasteiger partial charge in [0.25, 0.3) is 5.91 Å². The second-order valence-electron chi connectivity index (χ2n) is 8.19. The Kier molecular flexibility index (Phi) is 7.57. The molecular weight excluding hydrogens is 360 g/mol. The molecule has 1 saturated carbocycles. The van der Waals surface area contributed by atoms with Gasteiger partial charge in [0.1, 0.15) is 11.4 Å². The number of amides is 2. The Morgan fingerprint density at radius 2 is 1.93 bits per heavy atom. The number of alkyl carbamates (subject to hydrolysis) is 1. The molecule has 0 spiro atoms. The Balaban J connectivity index is 2.01. The van der Waals surface area contributed by atoms with E-state index in [1.807, 2.05) is 30.3 Å². The van der Waals surface area contributed by atoms with Crippen molar-refractivity contribution in [2.45, 2.75) is 70.7 Å². The summed E-state index contributed by atoms with van der Waals surface area (Å²) >= 11 is 0. The topological polar surface area (TPSA) is 105 Å². The van der Waals surface area contributed by atoms with Gasteiger partial charge in [0.15, 0.2) is 6.10 Å². The zero-order chi connectivity index (χ0) is 20.7. The van der Waals surface area contributed by atoms with Gasteiger partial charge in [-0.15, -0.1) is 0 Å². The predicted octanol–water partition coefficient (Wildman–Crippen LogP) is 2.32. The number of carbonyl (C=O) groups is 3. The molecule has 2 amide bonds. The van der Waals surface area contributed by atoms with Crippen molar-refractivity contribution in [1.82, 2.24) is 10.6 Å². The van der Waals surface area contributed by atoms with Crippen LogP contribution in [0.4, 0.5) is 4.79 Å². The fourth-order valence-corrected chi connectivity index (χ4v) is 3.24. The fraction of sp³-hybridized carbons (Fsp3) is 0.571. The number of Topliss-reactive ketones (excluding diaryl/α,β-unsaturated/α-hetero) is 1. The maximum absolute atomic E-state index is 12.4. The predicted molar refractivity (Wildman–Crippen MR) is 104 cm³/mol. The van der Waals surface area contributed by atoms with E-state index in [-0.39, 0.29) is 24.7 Å². The lowest BCUT2D eigenvalue weighted by molar-refractivity contribution is -0.132. The molecule has 0 aromatic heterocycles. The van der Waals surface area contributed by atoms with E-state index in [0.29, 0.717) is 12.8 Å². The van der Waals surface area contributed by atoms with Crippen molar-refractivity contribution in [1.29, 1.82) is 0 Å². The van der Waals surface area contributed by atoms with Gasteiger partial charge in [0.2, 0.25) is 0 Å². The lowest BCUT2D eigenvalue weighted by atomic mass is 9.94. The number of ether oxygens (including phenoxy) is 1. The van der Waals surface area contributed by atoms with Crippen molar-refractivity contribution >= 4 is 17.8 Å². The number of benzene rings is 1. The molecular formula is C21H30N2O5. The van der Waals surface area contributed by atoms with Crippen LogP contribution in [0.1, 0.15) is 52.0 Å². The van der Waals surface area contributed by atoms with Crippen LogP contribution in [-0.4, -0.2) is 40.6 Å². The van der Waals surface area contributed by atoms with Gasteiger partial charge in [-0.2, -0.15) is 0 Å². The molecule has 0 heterocycles. The zero-order valence-electron chi connectivity index (χ0n) is 16.7. The van der Waals surface area contributed by atoms with E-state index in [1.165, 1.54) is 0 Å². The van der Waals surface area contributed by atoms with Gasteiger partial charge in [-0.1, -0.05) is 30.3 Å². The highest BCUT2D eigenvalue weighted by Gasteiger charge is 2.35. The Morgan fingerprint density at radius 3 is 2.50 bits per heavy atom. The second-order valence-corrected chi connectivity index (χ2v) is 8.19. The quantitative estimate of drug-likeness (QED) is 0.663. The number of rotatable bonds is 7. The van der Waals surface area contributed by atoms with Crippen LogP contribution in [0.25, 0.3) is 0 Å². The molecule has 1 aromatic carbocycles. The summed E-state index contributed by atoms with van der Waals surface area (Å²) < 4.78 is 5.24. The molecule has 1 fully saturated rings. The zero-order valence-corrected chi connectivity index (χ0v) is 16.7. The third-order valence-corrected chi connectivity index (χ3v) is 4.63. The smallest absolute Gasteiger partial charge is 0.407 e. The molecule has 0 radical (unpaired) electrons. The largest absolute Gasteiger partial charge is 0.444 e. The average Bonchev–Trinajstić information content (AvgIpc) is 3.02. The van der Waals surface area contributed by atoms with Crippen LogP contribution < -0.4 is 10.6 Å². The van der Waals surface area contributed by atoms with Crippen LogP contribution in [0.2, 0.25) is 0 Å². The highest BCUT2D eigenvalue weighted by molar-refractivity contribution is 5.84. The lowest BCUT2D eigenvalue weighted by Crippen LogP contribution is -2.52. The molecule has 0 aliphatic heterocycles. The maximum atomic E-state index is 12.4. The summed E-state index contributed by atoms with van der Waals surface area (Å²) in [5, 5.41) is 15.8. The van der Waals surface area contributed by atoms with E-state index in [1.54, 1.807) is 20.8 Å². The van der Waals surface area contributed by atoms with Gasteiger partial charge < -0.3 is 20.5 Å². The summed E-state index contributed by atoms with van der Waals surface area (Å²) in [4.78, 5) is 36.6. The lowest BCUT2D eigenvalue weighted by Gasteiger charge is -2.27. The van der Waals surface area contributed by atoms with Crippen LogP contribution in [0.5, 0.6) is 0 Å². The minimum absolute atomic E-state index is 0.105. The van der Waals surface area contributed by atoms with Crippen molar-refractivity contribution in [2.75, 3.05) is 0 Å².